The third-order valence-corrected chi connectivity index (χ3v) is 2.95. The number of hydrogen-bond acceptors (Lipinski definition) is 1. The van der Waals surface area contributed by atoms with Gasteiger partial charge in [-0.25, -0.2) is 0 Å². The minimum absolute atomic E-state index is 0.0182. The Bertz CT molecular complexity index is 370. The van der Waals surface area contributed by atoms with Crippen molar-refractivity contribution in [1.82, 2.24) is 5.32 Å². The second kappa shape index (κ2) is 8.51. The van der Waals surface area contributed by atoms with Crippen molar-refractivity contribution >= 4 is 5.91 Å². The summed E-state index contributed by atoms with van der Waals surface area (Å²) in [5, 5.41) is 2.90. The molecule has 0 aliphatic rings. The summed E-state index contributed by atoms with van der Waals surface area (Å²) in [5.74, 6) is -0.0182. The van der Waals surface area contributed by atoms with Crippen LogP contribution in [0.4, 0.5) is 0 Å². The second-order valence-corrected chi connectivity index (χ2v) is 4.58. The number of benzene rings is 1. The lowest BCUT2D eigenvalue weighted by molar-refractivity contribution is -0.117. The zero-order valence-electron chi connectivity index (χ0n) is 11.2. The molecule has 0 aromatic heterocycles. The van der Waals surface area contributed by atoms with Crippen molar-refractivity contribution in [2.24, 2.45) is 0 Å². The molecule has 0 spiro atoms. The van der Waals surface area contributed by atoms with Gasteiger partial charge in [-0.3, -0.25) is 4.79 Å². The quantitative estimate of drug-likeness (QED) is 0.547. The molecular weight excluding hydrogens is 222 g/mol. The lowest BCUT2D eigenvalue weighted by Gasteiger charge is -2.07. The van der Waals surface area contributed by atoms with Crippen LogP contribution < -0.4 is 5.32 Å². The minimum atomic E-state index is -0.0182. The minimum Gasteiger partial charge on any atom is -0.348 e. The largest absolute Gasteiger partial charge is 0.348 e. The number of amides is 1. The van der Waals surface area contributed by atoms with Crippen LogP contribution in [0.15, 0.2) is 42.5 Å². The zero-order chi connectivity index (χ0) is 13.2. The maximum absolute atomic E-state index is 11.8. The van der Waals surface area contributed by atoms with E-state index in [-0.39, 0.29) is 5.91 Å². The Morgan fingerprint density at radius 1 is 1.17 bits per heavy atom. The molecule has 2 heteroatoms. The molecule has 0 fully saturated rings. The highest BCUT2D eigenvalue weighted by Crippen LogP contribution is 2.09. The molecule has 0 saturated heterocycles. The molecule has 0 heterocycles. The molecule has 1 aromatic carbocycles. The van der Waals surface area contributed by atoms with E-state index in [2.05, 4.69) is 18.8 Å². The molecule has 1 N–H and O–H groups in total. The van der Waals surface area contributed by atoms with Crippen molar-refractivity contribution in [3.63, 3.8) is 0 Å². The van der Waals surface area contributed by atoms with Crippen molar-refractivity contribution in [3.05, 3.63) is 48.0 Å². The van der Waals surface area contributed by atoms with Gasteiger partial charge in [-0.1, -0.05) is 63.1 Å². The molecule has 18 heavy (non-hydrogen) atoms. The molecule has 1 aromatic rings. The fourth-order valence-electron chi connectivity index (χ4n) is 1.78. The summed E-state index contributed by atoms with van der Waals surface area (Å²) in [4.78, 5) is 11.8. The van der Waals surface area contributed by atoms with Gasteiger partial charge in [0, 0.05) is 12.1 Å². The summed E-state index contributed by atoms with van der Waals surface area (Å²) in [6, 6.07) is 9.93. The van der Waals surface area contributed by atoms with E-state index in [1.165, 1.54) is 19.3 Å². The zero-order valence-corrected chi connectivity index (χ0v) is 11.2. The summed E-state index contributed by atoms with van der Waals surface area (Å²) >= 11 is 0. The van der Waals surface area contributed by atoms with Crippen LogP contribution in [0.5, 0.6) is 0 Å². The van der Waals surface area contributed by atoms with Gasteiger partial charge in [-0.15, -0.1) is 0 Å². The maximum Gasteiger partial charge on any atom is 0.246 e. The molecule has 1 rings (SSSR count). The molecule has 2 nitrogen and oxygen atoms in total. The van der Waals surface area contributed by atoms with E-state index < -0.39 is 0 Å². The van der Waals surface area contributed by atoms with Gasteiger partial charge >= 0.3 is 0 Å². The predicted molar refractivity (Wildman–Crippen MR) is 76.2 cm³/mol. The number of carbonyl (C=O) groups is 1. The number of rotatable bonds is 8. The summed E-state index contributed by atoms with van der Waals surface area (Å²) in [5.41, 5.74) is 1.81. The molecule has 0 unspecified atom stereocenters. The Balaban J connectivity index is 2.22. The summed E-state index contributed by atoms with van der Waals surface area (Å²) < 4.78 is 0. The number of nitrogens with one attached hydrogen (secondary N) is 1. The van der Waals surface area contributed by atoms with Crippen LogP contribution in [0, 0.1) is 0 Å². The van der Waals surface area contributed by atoms with Gasteiger partial charge in [0.15, 0.2) is 0 Å². The molecule has 0 aliphatic heterocycles. The lowest BCUT2D eigenvalue weighted by Crippen LogP contribution is -2.24. The number of unbranched alkanes of at least 4 members (excludes halogenated alkanes) is 3. The van der Waals surface area contributed by atoms with Crippen molar-refractivity contribution in [2.45, 2.75) is 45.6 Å². The standard InChI is InChI=1S/C16H23NO/c1-3-4-5-7-10-14(2)16(18)17-13-15-11-8-6-9-12-15/h6,8-9,11-12H,2-5,7,10,13H2,1H3,(H,17,18). The summed E-state index contributed by atoms with van der Waals surface area (Å²) in [6.45, 7) is 6.61. The average molecular weight is 245 g/mol. The lowest BCUT2D eigenvalue weighted by atomic mass is 10.1. The first-order valence-corrected chi connectivity index (χ1v) is 6.74. The molecule has 0 atom stereocenters. The highest BCUT2D eigenvalue weighted by Gasteiger charge is 2.05. The van der Waals surface area contributed by atoms with E-state index >= 15 is 0 Å². The van der Waals surface area contributed by atoms with Crippen LogP contribution in [0.3, 0.4) is 0 Å². The van der Waals surface area contributed by atoms with E-state index in [1.54, 1.807) is 0 Å². The third-order valence-electron chi connectivity index (χ3n) is 2.95. The monoisotopic (exact) mass is 245 g/mol. The van der Waals surface area contributed by atoms with Crippen LogP contribution in [-0.2, 0) is 11.3 Å². The molecule has 98 valence electrons. The first kappa shape index (κ1) is 14.5. The molecule has 0 aliphatic carbocycles. The van der Waals surface area contributed by atoms with Crippen molar-refractivity contribution < 1.29 is 4.79 Å². The molecular formula is C16H23NO. The normalized spacial score (nSPS) is 10.1. The van der Waals surface area contributed by atoms with Gasteiger partial charge in [0.1, 0.15) is 0 Å². The van der Waals surface area contributed by atoms with Gasteiger partial charge in [0.05, 0.1) is 0 Å². The third kappa shape index (κ3) is 5.67. The summed E-state index contributed by atoms with van der Waals surface area (Å²) in [7, 11) is 0. The Morgan fingerprint density at radius 3 is 2.56 bits per heavy atom. The van der Waals surface area contributed by atoms with E-state index in [0.29, 0.717) is 12.1 Å². The van der Waals surface area contributed by atoms with Gasteiger partial charge in [0.2, 0.25) is 5.91 Å². The fourth-order valence-corrected chi connectivity index (χ4v) is 1.78. The van der Waals surface area contributed by atoms with Gasteiger partial charge in [-0.05, 0) is 18.4 Å². The Labute approximate surface area is 110 Å². The van der Waals surface area contributed by atoms with Crippen LogP contribution >= 0.6 is 0 Å². The topological polar surface area (TPSA) is 29.1 Å². The van der Waals surface area contributed by atoms with E-state index in [1.807, 2.05) is 30.3 Å². The van der Waals surface area contributed by atoms with Crippen molar-refractivity contribution in [3.8, 4) is 0 Å². The SMILES string of the molecule is C=C(CCCCCC)C(=O)NCc1ccccc1. The van der Waals surface area contributed by atoms with Crippen molar-refractivity contribution in [2.75, 3.05) is 0 Å². The fraction of sp³-hybridized carbons (Fsp3) is 0.438. The van der Waals surface area contributed by atoms with Crippen LogP contribution in [-0.4, -0.2) is 5.91 Å². The Hall–Kier alpha value is -1.57. The van der Waals surface area contributed by atoms with E-state index in [9.17, 15) is 4.79 Å². The first-order valence-electron chi connectivity index (χ1n) is 6.74. The smallest absolute Gasteiger partial charge is 0.246 e. The van der Waals surface area contributed by atoms with Crippen LogP contribution in [0.2, 0.25) is 0 Å². The molecule has 0 saturated carbocycles. The summed E-state index contributed by atoms with van der Waals surface area (Å²) in [6.07, 6.45) is 5.50. The van der Waals surface area contributed by atoms with Crippen molar-refractivity contribution in [1.29, 1.82) is 0 Å². The predicted octanol–water partition coefficient (Wildman–Crippen LogP) is 3.83. The first-order chi connectivity index (χ1) is 8.74. The van der Waals surface area contributed by atoms with E-state index in [0.717, 1.165) is 18.4 Å². The Kier molecular flexibility index (Phi) is 6.85. The highest BCUT2D eigenvalue weighted by molar-refractivity contribution is 5.92. The molecule has 1 amide bonds. The number of hydrogen-bond donors (Lipinski definition) is 1. The van der Waals surface area contributed by atoms with Crippen LogP contribution in [0.1, 0.15) is 44.6 Å². The Morgan fingerprint density at radius 2 is 1.89 bits per heavy atom. The maximum atomic E-state index is 11.8. The van der Waals surface area contributed by atoms with E-state index in [4.69, 9.17) is 0 Å². The number of carbonyl (C=O) groups excluding carboxylic acids is 1. The second-order valence-electron chi connectivity index (χ2n) is 4.58. The van der Waals surface area contributed by atoms with Gasteiger partial charge < -0.3 is 5.32 Å². The van der Waals surface area contributed by atoms with Crippen LogP contribution in [0.25, 0.3) is 0 Å². The average Bonchev–Trinajstić information content (AvgIpc) is 2.42. The van der Waals surface area contributed by atoms with Gasteiger partial charge in [0.25, 0.3) is 0 Å². The molecule has 0 radical (unpaired) electrons. The highest BCUT2D eigenvalue weighted by atomic mass is 16.1. The van der Waals surface area contributed by atoms with Gasteiger partial charge in [-0.2, -0.15) is 0 Å². The molecule has 0 bridgehead atoms.